The molecule has 0 spiro atoms. The number of hydrogen-bond acceptors (Lipinski definition) is 3. The third kappa shape index (κ3) is 5.14. The van der Waals surface area contributed by atoms with E-state index in [9.17, 15) is 9.18 Å². The van der Waals surface area contributed by atoms with E-state index in [1.807, 2.05) is 30.3 Å². The number of carbonyl (C=O) groups excluding carboxylic acids is 1. The molecule has 1 aliphatic heterocycles. The number of nitrogens with zero attached hydrogens (tertiary/aromatic N) is 1. The van der Waals surface area contributed by atoms with Crippen LogP contribution in [-0.4, -0.2) is 37.1 Å². The van der Waals surface area contributed by atoms with Gasteiger partial charge in [0.2, 0.25) is 0 Å². The van der Waals surface area contributed by atoms with Crippen LogP contribution in [0, 0.1) is 5.82 Å². The van der Waals surface area contributed by atoms with E-state index >= 15 is 0 Å². The third-order valence-electron chi connectivity index (χ3n) is 5.28. The maximum Gasteiger partial charge on any atom is 0.252 e. The number of para-hydroxylation sites is 1. The van der Waals surface area contributed by atoms with Crippen LogP contribution in [0.5, 0.6) is 0 Å². The summed E-state index contributed by atoms with van der Waals surface area (Å²) >= 11 is 1.43. The summed E-state index contributed by atoms with van der Waals surface area (Å²) < 4.78 is 13.2. The van der Waals surface area contributed by atoms with Crippen molar-refractivity contribution in [3.05, 3.63) is 66.0 Å². The predicted octanol–water partition coefficient (Wildman–Crippen LogP) is 3.32. The van der Waals surface area contributed by atoms with Crippen molar-refractivity contribution in [2.45, 2.75) is 29.2 Å². The van der Waals surface area contributed by atoms with Crippen LogP contribution in [0.1, 0.15) is 29.6 Å². The number of likely N-dealkylation sites (tertiary alicyclic amines) is 1. The second kappa shape index (κ2) is 9.37. The smallest absolute Gasteiger partial charge is 0.252 e. The number of quaternary nitrogens is 1. The first kappa shape index (κ1) is 19.9. The van der Waals surface area contributed by atoms with Crippen LogP contribution in [0.15, 0.2) is 64.5 Å². The van der Waals surface area contributed by atoms with Crippen molar-refractivity contribution in [2.75, 3.05) is 26.2 Å². The molecule has 1 amide bonds. The van der Waals surface area contributed by atoms with E-state index in [1.54, 1.807) is 17.0 Å². The van der Waals surface area contributed by atoms with E-state index < -0.39 is 0 Å². The molecule has 0 radical (unpaired) electrons. The standard InChI is InChI=1S/C23H24FN3OS/c24-17-8-10-18(11-9-17)29-22-16-20(19-6-1-2-7-21(19)26-22)23(28)25-12-5-15-27-13-3-4-14-27/h1-2,6-11,16H,3-5,12-15H2,(H,25,28)/p+1. The van der Waals surface area contributed by atoms with Gasteiger partial charge in [0.15, 0.2) is 0 Å². The van der Waals surface area contributed by atoms with E-state index in [-0.39, 0.29) is 11.7 Å². The van der Waals surface area contributed by atoms with Crippen LogP contribution in [0.2, 0.25) is 0 Å². The van der Waals surface area contributed by atoms with Gasteiger partial charge < -0.3 is 10.2 Å². The van der Waals surface area contributed by atoms with Crippen molar-refractivity contribution >= 4 is 28.6 Å². The molecule has 4 nitrogen and oxygen atoms in total. The van der Waals surface area contributed by atoms with Crippen LogP contribution in [-0.2, 0) is 0 Å². The Morgan fingerprint density at radius 3 is 2.66 bits per heavy atom. The van der Waals surface area contributed by atoms with E-state index in [4.69, 9.17) is 0 Å². The largest absolute Gasteiger partial charge is 0.352 e. The average Bonchev–Trinajstić information content (AvgIpc) is 3.26. The molecule has 1 saturated heterocycles. The van der Waals surface area contributed by atoms with Crippen molar-refractivity contribution in [1.29, 1.82) is 0 Å². The van der Waals surface area contributed by atoms with Crippen LogP contribution in [0.4, 0.5) is 4.39 Å². The Bertz CT molecular complexity index is 987. The Morgan fingerprint density at radius 2 is 1.86 bits per heavy atom. The molecule has 0 atom stereocenters. The van der Waals surface area contributed by atoms with E-state index in [2.05, 4.69) is 10.3 Å². The normalized spacial score (nSPS) is 14.4. The molecule has 0 unspecified atom stereocenters. The zero-order chi connectivity index (χ0) is 20.1. The van der Waals surface area contributed by atoms with Gasteiger partial charge in [0.1, 0.15) is 10.8 Å². The molecule has 1 aromatic heterocycles. The summed E-state index contributed by atoms with van der Waals surface area (Å²) in [5.41, 5.74) is 1.42. The fraction of sp³-hybridized carbons (Fsp3) is 0.304. The SMILES string of the molecule is O=C(NCCC[NH+]1CCCC1)c1cc(Sc2ccc(F)cc2)nc2ccccc12. The molecule has 6 heteroatoms. The highest BCUT2D eigenvalue weighted by atomic mass is 32.2. The highest BCUT2D eigenvalue weighted by molar-refractivity contribution is 7.99. The van der Waals surface area contributed by atoms with Gasteiger partial charge in [0, 0.05) is 36.1 Å². The predicted molar refractivity (Wildman–Crippen MR) is 114 cm³/mol. The summed E-state index contributed by atoms with van der Waals surface area (Å²) in [7, 11) is 0. The molecule has 0 aliphatic carbocycles. The van der Waals surface area contributed by atoms with Crippen molar-refractivity contribution in [1.82, 2.24) is 10.3 Å². The van der Waals surface area contributed by atoms with Gasteiger partial charge in [-0.2, -0.15) is 0 Å². The fourth-order valence-corrected chi connectivity index (χ4v) is 4.61. The van der Waals surface area contributed by atoms with Crippen LogP contribution < -0.4 is 10.2 Å². The molecule has 150 valence electrons. The number of fused-ring (bicyclic) bond motifs is 1. The third-order valence-corrected chi connectivity index (χ3v) is 6.20. The number of nitrogens with one attached hydrogen (secondary N) is 2. The number of halogens is 1. The first-order chi connectivity index (χ1) is 14.2. The molecule has 3 aromatic rings. The van der Waals surface area contributed by atoms with Gasteiger partial charge in [0.25, 0.3) is 5.91 Å². The lowest BCUT2D eigenvalue weighted by Gasteiger charge is -2.13. The molecule has 1 aliphatic rings. The monoisotopic (exact) mass is 410 g/mol. The fourth-order valence-electron chi connectivity index (χ4n) is 3.78. The van der Waals surface area contributed by atoms with E-state index in [1.165, 1.54) is 49.8 Å². The van der Waals surface area contributed by atoms with Crippen molar-refractivity contribution in [3.63, 3.8) is 0 Å². The molecule has 2 aromatic carbocycles. The van der Waals surface area contributed by atoms with Crippen molar-refractivity contribution in [3.8, 4) is 0 Å². The quantitative estimate of drug-likeness (QED) is 0.588. The molecular weight excluding hydrogens is 385 g/mol. The molecule has 29 heavy (non-hydrogen) atoms. The maximum atomic E-state index is 13.2. The summed E-state index contributed by atoms with van der Waals surface area (Å²) in [5, 5.41) is 4.64. The zero-order valence-electron chi connectivity index (χ0n) is 16.3. The van der Waals surface area contributed by atoms with Gasteiger partial charge in [-0.3, -0.25) is 4.79 Å². The summed E-state index contributed by atoms with van der Waals surface area (Å²) in [6, 6.07) is 15.8. The summed E-state index contributed by atoms with van der Waals surface area (Å²) in [4.78, 5) is 20.1. The Morgan fingerprint density at radius 1 is 1.10 bits per heavy atom. The highest BCUT2D eigenvalue weighted by Crippen LogP contribution is 2.29. The minimum absolute atomic E-state index is 0.0685. The van der Waals surface area contributed by atoms with Gasteiger partial charge in [-0.1, -0.05) is 30.0 Å². The Balaban J connectivity index is 1.48. The van der Waals surface area contributed by atoms with E-state index in [0.717, 1.165) is 33.8 Å². The minimum Gasteiger partial charge on any atom is -0.352 e. The zero-order valence-corrected chi connectivity index (χ0v) is 17.1. The van der Waals surface area contributed by atoms with Gasteiger partial charge in [-0.15, -0.1) is 0 Å². The first-order valence-electron chi connectivity index (χ1n) is 10.1. The second-order valence-corrected chi connectivity index (χ2v) is 8.49. The number of aromatic nitrogens is 1. The summed E-state index contributed by atoms with van der Waals surface area (Å²) in [6.45, 7) is 4.31. The molecule has 0 bridgehead atoms. The molecule has 4 rings (SSSR count). The first-order valence-corrected chi connectivity index (χ1v) is 11.0. The van der Waals surface area contributed by atoms with Crippen LogP contribution in [0.3, 0.4) is 0 Å². The summed E-state index contributed by atoms with van der Waals surface area (Å²) in [6.07, 6.45) is 3.62. The summed E-state index contributed by atoms with van der Waals surface area (Å²) in [5.74, 6) is -0.336. The number of pyridine rings is 1. The molecular formula is C23H25FN3OS+. The number of benzene rings is 2. The number of rotatable bonds is 7. The second-order valence-electron chi connectivity index (χ2n) is 7.40. The Labute approximate surface area is 174 Å². The lowest BCUT2D eigenvalue weighted by atomic mass is 10.1. The Hall–Kier alpha value is -2.44. The van der Waals surface area contributed by atoms with Crippen molar-refractivity contribution in [2.24, 2.45) is 0 Å². The lowest BCUT2D eigenvalue weighted by molar-refractivity contribution is -0.887. The lowest BCUT2D eigenvalue weighted by Crippen LogP contribution is -3.10. The van der Waals surface area contributed by atoms with Crippen molar-refractivity contribution < 1.29 is 14.1 Å². The van der Waals surface area contributed by atoms with Crippen LogP contribution >= 0.6 is 11.8 Å². The van der Waals surface area contributed by atoms with E-state index in [0.29, 0.717) is 12.1 Å². The van der Waals surface area contributed by atoms with Gasteiger partial charge in [0.05, 0.1) is 30.7 Å². The minimum atomic E-state index is -0.267. The average molecular weight is 411 g/mol. The molecule has 2 heterocycles. The maximum absolute atomic E-state index is 13.2. The molecule has 0 saturated carbocycles. The molecule has 1 fully saturated rings. The Kier molecular flexibility index (Phi) is 6.42. The topological polar surface area (TPSA) is 46.4 Å². The van der Waals surface area contributed by atoms with Crippen LogP contribution in [0.25, 0.3) is 10.9 Å². The number of carbonyl (C=O) groups is 1. The van der Waals surface area contributed by atoms with Gasteiger partial charge in [-0.25, -0.2) is 9.37 Å². The van der Waals surface area contributed by atoms with Gasteiger partial charge in [-0.05, 0) is 36.4 Å². The highest BCUT2D eigenvalue weighted by Gasteiger charge is 2.16. The van der Waals surface area contributed by atoms with Gasteiger partial charge >= 0.3 is 0 Å². The molecule has 2 N–H and O–H groups in total. The number of hydrogen-bond donors (Lipinski definition) is 2. The number of amides is 1.